The number of carbonyl (C=O) groups excluding carboxylic acids is 2. The molecule has 1 fully saturated rings. The van der Waals surface area contributed by atoms with Crippen LogP contribution in [0.25, 0.3) is 10.9 Å². The highest BCUT2D eigenvalue weighted by atomic mass is 16.5. The number of pyridine rings is 1. The number of hydrogen-bond donors (Lipinski definition) is 3. The predicted octanol–water partition coefficient (Wildman–Crippen LogP) is 2.09. The minimum atomic E-state index is -0.584. The smallest absolute Gasteiger partial charge is 0.276 e. The maximum absolute atomic E-state index is 12.8. The molecule has 1 aliphatic heterocycles. The van der Waals surface area contributed by atoms with E-state index in [0.29, 0.717) is 11.3 Å². The Hall–Kier alpha value is -3.39. The molecular weight excluding hydrogens is 370 g/mol. The van der Waals surface area contributed by atoms with E-state index in [1.807, 2.05) is 41.9 Å². The number of nitrogens with one attached hydrogen (secondary N) is 2. The van der Waals surface area contributed by atoms with E-state index in [1.165, 1.54) is 6.20 Å². The Kier molecular flexibility index (Phi) is 5.18. The van der Waals surface area contributed by atoms with Crippen molar-refractivity contribution >= 4 is 28.5 Å². The molecule has 0 unspecified atom stereocenters. The van der Waals surface area contributed by atoms with Crippen LogP contribution in [0.5, 0.6) is 0 Å². The maximum atomic E-state index is 12.8. The quantitative estimate of drug-likeness (QED) is 0.466. The Balaban J connectivity index is 1.36. The Labute approximate surface area is 168 Å². The number of aryl methyl sites for hydroxylation is 1. The number of hydroxylamine groups is 1. The highest BCUT2D eigenvalue weighted by Gasteiger charge is 2.23. The van der Waals surface area contributed by atoms with Crippen LogP contribution >= 0.6 is 0 Å². The summed E-state index contributed by atoms with van der Waals surface area (Å²) in [5, 5.41) is 12.9. The first-order valence-corrected chi connectivity index (χ1v) is 9.57. The third-order valence-electron chi connectivity index (χ3n) is 5.45. The lowest BCUT2D eigenvalue weighted by Crippen LogP contribution is -2.45. The molecular formula is C21H23N5O3. The van der Waals surface area contributed by atoms with E-state index in [-0.39, 0.29) is 11.9 Å². The van der Waals surface area contributed by atoms with Gasteiger partial charge in [-0.2, -0.15) is 0 Å². The van der Waals surface area contributed by atoms with Crippen molar-refractivity contribution < 1.29 is 14.8 Å². The second kappa shape index (κ2) is 7.92. The zero-order chi connectivity index (χ0) is 20.4. The van der Waals surface area contributed by atoms with Crippen molar-refractivity contribution in [1.29, 1.82) is 0 Å². The van der Waals surface area contributed by atoms with Gasteiger partial charge in [0.25, 0.3) is 11.8 Å². The van der Waals surface area contributed by atoms with Gasteiger partial charge in [0.1, 0.15) is 11.5 Å². The SMILES string of the molecule is Cn1c(C(=O)NC2CCN(c3ccc(C(=O)NO)cn3)CC2)cc2ccccc21. The number of rotatable bonds is 4. The average Bonchev–Trinajstić information content (AvgIpc) is 3.11. The van der Waals surface area contributed by atoms with Gasteiger partial charge in [-0.25, -0.2) is 10.5 Å². The van der Waals surface area contributed by atoms with Gasteiger partial charge in [-0.1, -0.05) is 18.2 Å². The number of benzene rings is 1. The van der Waals surface area contributed by atoms with E-state index in [0.717, 1.165) is 42.7 Å². The molecule has 0 atom stereocenters. The first-order valence-electron chi connectivity index (χ1n) is 9.57. The van der Waals surface area contributed by atoms with Gasteiger partial charge in [0.2, 0.25) is 0 Å². The molecule has 0 radical (unpaired) electrons. The Bertz CT molecular complexity index is 1040. The van der Waals surface area contributed by atoms with E-state index < -0.39 is 5.91 Å². The molecule has 1 saturated heterocycles. The predicted molar refractivity (Wildman–Crippen MR) is 109 cm³/mol. The minimum Gasteiger partial charge on any atom is -0.356 e. The average molecular weight is 393 g/mol. The number of hydrogen-bond acceptors (Lipinski definition) is 5. The normalized spacial score (nSPS) is 14.8. The minimum absolute atomic E-state index is 0.0559. The monoisotopic (exact) mass is 393 g/mol. The van der Waals surface area contributed by atoms with Crippen LogP contribution in [0.2, 0.25) is 0 Å². The van der Waals surface area contributed by atoms with Gasteiger partial charge in [0.05, 0.1) is 5.56 Å². The van der Waals surface area contributed by atoms with Gasteiger partial charge >= 0.3 is 0 Å². The Morgan fingerprint density at radius 3 is 2.52 bits per heavy atom. The van der Waals surface area contributed by atoms with Crippen LogP contribution in [0.3, 0.4) is 0 Å². The first-order chi connectivity index (χ1) is 14.1. The largest absolute Gasteiger partial charge is 0.356 e. The van der Waals surface area contributed by atoms with Crippen molar-refractivity contribution in [2.24, 2.45) is 7.05 Å². The van der Waals surface area contributed by atoms with Crippen molar-refractivity contribution in [1.82, 2.24) is 20.3 Å². The first kappa shape index (κ1) is 18.9. The molecule has 0 saturated carbocycles. The van der Waals surface area contributed by atoms with E-state index in [4.69, 9.17) is 5.21 Å². The fourth-order valence-corrected chi connectivity index (χ4v) is 3.79. The van der Waals surface area contributed by atoms with Crippen LogP contribution in [0, 0.1) is 0 Å². The third-order valence-corrected chi connectivity index (χ3v) is 5.45. The molecule has 29 heavy (non-hydrogen) atoms. The van der Waals surface area contributed by atoms with Crippen molar-refractivity contribution in [2.45, 2.75) is 18.9 Å². The Morgan fingerprint density at radius 1 is 1.10 bits per heavy atom. The second-order valence-corrected chi connectivity index (χ2v) is 7.23. The summed E-state index contributed by atoms with van der Waals surface area (Å²) in [6, 6.07) is 13.4. The van der Waals surface area contributed by atoms with E-state index in [9.17, 15) is 9.59 Å². The lowest BCUT2D eigenvalue weighted by atomic mass is 10.0. The van der Waals surface area contributed by atoms with Crippen LogP contribution in [0.4, 0.5) is 5.82 Å². The fraction of sp³-hybridized carbons (Fsp3) is 0.286. The number of piperidine rings is 1. The van der Waals surface area contributed by atoms with Crippen molar-refractivity contribution in [3.8, 4) is 0 Å². The summed E-state index contributed by atoms with van der Waals surface area (Å²) in [6.07, 6.45) is 3.07. The number of amides is 2. The molecule has 3 N–H and O–H groups in total. The summed E-state index contributed by atoms with van der Waals surface area (Å²) in [6.45, 7) is 1.53. The second-order valence-electron chi connectivity index (χ2n) is 7.23. The molecule has 3 aromatic rings. The molecule has 1 aliphatic rings. The van der Waals surface area contributed by atoms with Gasteiger partial charge in [0.15, 0.2) is 0 Å². The van der Waals surface area contributed by atoms with E-state index >= 15 is 0 Å². The molecule has 8 nitrogen and oxygen atoms in total. The molecule has 2 amide bonds. The van der Waals surface area contributed by atoms with E-state index in [2.05, 4.69) is 15.2 Å². The summed E-state index contributed by atoms with van der Waals surface area (Å²) >= 11 is 0. The van der Waals surface area contributed by atoms with Crippen molar-refractivity contribution in [3.63, 3.8) is 0 Å². The van der Waals surface area contributed by atoms with Gasteiger partial charge < -0.3 is 14.8 Å². The summed E-state index contributed by atoms with van der Waals surface area (Å²) in [7, 11) is 1.91. The molecule has 8 heteroatoms. The molecule has 0 bridgehead atoms. The molecule has 150 valence electrons. The number of nitrogens with zero attached hydrogens (tertiary/aromatic N) is 3. The number of anilines is 1. The van der Waals surface area contributed by atoms with Gasteiger partial charge in [-0.3, -0.25) is 14.8 Å². The summed E-state index contributed by atoms with van der Waals surface area (Å²) in [4.78, 5) is 30.6. The van der Waals surface area contributed by atoms with Crippen LogP contribution in [0.1, 0.15) is 33.7 Å². The van der Waals surface area contributed by atoms with E-state index in [1.54, 1.807) is 17.6 Å². The number of aromatic nitrogens is 2. The lowest BCUT2D eigenvalue weighted by molar-refractivity contribution is 0.0706. The van der Waals surface area contributed by atoms with Crippen molar-refractivity contribution in [3.05, 3.63) is 59.9 Å². The molecule has 0 spiro atoms. The van der Waals surface area contributed by atoms with Gasteiger partial charge in [-0.05, 0) is 37.1 Å². The maximum Gasteiger partial charge on any atom is 0.276 e. The molecule has 4 rings (SSSR count). The highest BCUT2D eigenvalue weighted by Crippen LogP contribution is 2.21. The molecule has 1 aromatic carbocycles. The van der Waals surface area contributed by atoms with Gasteiger partial charge in [-0.15, -0.1) is 0 Å². The number of fused-ring (bicyclic) bond motifs is 1. The molecule has 0 aliphatic carbocycles. The van der Waals surface area contributed by atoms with Crippen LogP contribution < -0.4 is 15.7 Å². The fourth-order valence-electron chi connectivity index (χ4n) is 3.79. The number of para-hydroxylation sites is 1. The zero-order valence-electron chi connectivity index (χ0n) is 16.1. The van der Waals surface area contributed by atoms with Crippen LogP contribution in [-0.2, 0) is 7.05 Å². The Morgan fingerprint density at radius 2 is 1.86 bits per heavy atom. The zero-order valence-corrected chi connectivity index (χ0v) is 16.1. The van der Waals surface area contributed by atoms with Crippen molar-refractivity contribution in [2.75, 3.05) is 18.0 Å². The highest BCUT2D eigenvalue weighted by molar-refractivity contribution is 5.98. The summed E-state index contributed by atoms with van der Waals surface area (Å²) in [5.74, 6) is 0.136. The topological polar surface area (TPSA) is 99.5 Å². The molecule has 2 aromatic heterocycles. The standard InChI is InChI=1S/C21H23N5O3/c1-25-17-5-3-2-4-14(17)12-18(25)21(28)23-16-8-10-26(11-9-16)19-7-6-15(13-22-19)20(27)24-29/h2-7,12-13,16,29H,8-11H2,1H3,(H,23,28)(H,24,27). The van der Waals surface area contributed by atoms with Crippen LogP contribution in [0.15, 0.2) is 48.7 Å². The summed E-state index contributed by atoms with van der Waals surface area (Å²) < 4.78 is 1.92. The molecule has 3 heterocycles. The summed E-state index contributed by atoms with van der Waals surface area (Å²) in [5.41, 5.74) is 3.59. The lowest BCUT2D eigenvalue weighted by Gasteiger charge is -2.33. The van der Waals surface area contributed by atoms with Crippen LogP contribution in [-0.4, -0.2) is 45.7 Å². The number of carbonyl (C=O) groups is 2. The third kappa shape index (κ3) is 3.79. The van der Waals surface area contributed by atoms with Gasteiger partial charge in [0, 0.05) is 43.3 Å².